The lowest BCUT2D eigenvalue weighted by Crippen LogP contribution is -2.38. The number of hydrogen-bond acceptors (Lipinski definition) is 3. The van der Waals surface area contributed by atoms with E-state index < -0.39 is 0 Å². The summed E-state index contributed by atoms with van der Waals surface area (Å²) in [4.78, 5) is 14.1. The summed E-state index contributed by atoms with van der Waals surface area (Å²) in [6.07, 6.45) is 3.93. The molecule has 1 atom stereocenters. The molecule has 0 bridgehead atoms. The summed E-state index contributed by atoms with van der Waals surface area (Å²) in [7, 11) is 0. The van der Waals surface area contributed by atoms with E-state index in [4.69, 9.17) is 5.73 Å². The number of carbonyl (C=O) groups is 1. The number of rotatable bonds is 1. The van der Waals surface area contributed by atoms with Crippen LogP contribution in [0.25, 0.3) is 0 Å². The quantitative estimate of drug-likeness (QED) is 0.795. The van der Waals surface area contributed by atoms with Gasteiger partial charge in [-0.1, -0.05) is 18.2 Å². The number of amides is 1. The van der Waals surface area contributed by atoms with Gasteiger partial charge >= 0.3 is 0 Å². The zero-order valence-corrected chi connectivity index (χ0v) is 9.84. The number of benzene rings is 1. The number of nitrogens with zero attached hydrogens (tertiary/aromatic N) is 2. The smallest absolute Gasteiger partial charge is 0.261 e. The molecule has 1 aliphatic heterocycles. The summed E-state index contributed by atoms with van der Waals surface area (Å²) in [6.45, 7) is 0.641. The Morgan fingerprint density at radius 2 is 2.28 bits per heavy atom. The Balaban J connectivity index is 2.00. The highest BCUT2D eigenvalue weighted by Crippen LogP contribution is 2.32. The fraction of sp³-hybridized carbons (Fsp3) is 0.231. The molecule has 0 radical (unpaired) electrons. The Bertz CT molecular complexity index is 564. The third kappa shape index (κ3) is 1.69. The minimum atomic E-state index is -0.0388. The number of carbonyl (C=O) groups excluding carboxylic acids is 1. The van der Waals surface area contributed by atoms with Gasteiger partial charge in [0.25, 0.3) is 5.91 Å². The fourth-order valence-corrected chi connectivity index (χ4v) is 2.33. The summed E-state index contributed by atoms with van der Waals surface area (Å²) in [5, 5.41) is 6.47. The van der Waals surface area contributed by atoms with Gasteiger partial charge in [0.2, 0.25) is 0 Å². The molecule has 0 aliphatic carbocycles. The van der Waals surface area contributed by atoms with Crippen molar-refractivity contribution in [3.63, 3.8) is 0 Å². The molecule has 1 aromatic heterocycles. The van der Waals surface area contributed by atoms with E-state index in [1.54, 1.807) is 17.3 Å². The number of para-hydroxylation sites is 1. The lowest BCUT2D eigenvalue weighted by Gasteiger charge is -2.32. The van der Waals surface area contributed by atoms with E-state index in [0.29, 0.717) is 12.1 Å². The first kappa shape index (κ1) is 11.0. The summed E-state index contributed by atoms with van der Waals surface area (Å²) in [6, 6.07) is 7.80. The van der Waals surface area contributed by atoms with Crippen molar-refractivity contribution in [3.8, 4) is 0 Å². The monoisotopic (exact) mass is 242 g/mol. The van der Waals surface area contributed by atoms with Gasteiger partial charge in [0.15, 0.2) is 0 Å². The molecule has 1 aromatic carbocycles. The van der Waals surface area contributed by atoms with Gasteiger partial charge in [-0.05, 0) is 18.1 Å². The highest BCUT2D eigenvalue weighted by molar-refractivity contribution is 6.06. The van der Waals surface area contributed by atoms with Crippen LogP contribution in [0.4, 0.5) is 5.69 Å². The number of aromatic amines is 1. The average Bonchev–Trinajstić information content (AvgIpc) is 2.93. The molecule has 1 aliphatic rings. The lowest BCUT2D eigenvalue weighted by molar-refractivity contribution is 0.0984. The highest BCUT2D eigenvalue weighted by atomic mass is 16.2. The Kier molecular flexibility index (Phi) is 2.60. The molecule has 0 saturated carbocycles. The number of nitrogens with two attached hydrogens (primary N) is 1. The molecule has 5 nitrogen and oxygen atoms in total. The highest BCUT2D eigenvalue weighted by Gasteiger charge is 2.27. The summed E-state index contributed by atoms with van der Waals surface area (Å²) >= 11 is 0. The normalized spacial score (nSPS) is 18.5. The van der Waals surface area contributed by atoms with Crippen molar-refractivity contribution in [1.82, 2.24) is 10.2 Å². The molecule has 92 valence electrons. The second-order valence-corrected chi connectivity index (χ2v) is 4.40. The summed E-state index contributed by atoms with van der Waals surface area (Å²) < 4.78 is 0. The van der Waals surface area contributed by atoms with Crippen molar-refractivity contribution in [2.75, 3.05) is 11.4 Å². The predicted octanol–water partition coefficient (Wildman–Crippen LogP) is 1.46. The predicted molar refractivity (Wildman–Crippen MR) is 68.3 cm³/mol. The van der Waals surface area contributed by atoms with E-state index in [1.165, 1.54) is 0 Å². The molecule has 3 rings (SSSR count). The van der Waals surface area contributed by atoms with E-state index in [2.05, 4.69) is 10.2 Å². The first-order valence-electron chi connectivity index (χ1n) is 5.92. The van der Waals surface area contributed by atoms with Crippen LogP contribution in [0.15, 0.2) is 36.7 Å². The van der Waals surface area contributed by atoms with E-state index in [0.717, 1.165) is 17.7 Å². The van der Waals surface area contributed by atoms with E-state index in [1.807, 2.05) is 24.3 Å². The van der Waals surface area contributed by atoms with E-state index in [-0.39, 0.29) is 11.9 Å². The van der Waals surface area contributed by atoms with Crippen LogP contribution in [0, 0.1) is 0 Å². The van der Waals surface area contributed by atoms with Crippen LogP contribution in [-0.4, -0.2) is 22.6 Å². The lowest BCUT2D eigenvalue weighted by atomic mass is 9.97. The molecule has 2 heterocycles. The molecular weight excluding hydrogens is 228 g/mol. The number of fused-ring (bicyclic) bond motifs is 1. The zero-order valence-electron chi connectivity index (χ0n) is 9.84. The molecule has 0 saturated heterocycles. The SMILES string of the molecule is NC1CCN(C(=O)c2cn[nH]c2)c2ccccc21. The minimum Gasteiger partial charge on any atom is -0.324 e. The largest absolute Gasteiger partial charge is 0.324 e. The first-order chi connectivity index (χ1) is 8.77. The standard InChI is InChI=1S/C13H14N4O/c14-11-5-6-17(12-4-2-1-3-10(11)12)13(18)9-7-15-16-8-9/h1-4,7-8,11H,5-6,14H2,(H,15,16). The van der Waals surface area contributed by atoms with Gasteiger partial charge in [0, 0.05) is 24.5 Å². The van der Waals surface area contributed by atoms with E-state index >= 15 is 0 Å². The number of hydrogen-bond donors (Lipinski definition) is 2. The van der Waals surface area contributed by atoms with Gasteiger partial charge in [0.1, 0.15) is 0 Å². The molecule has 5 heteroatoms. The number of H-pyrrole nitrogens is 1. The topological polar surface area (TPSA) is 75.0 Å². The first-order valence-corrected chi connectivity index (χ1v) is 5.92. The Morgan fingerprint density at radius 1 is 1.44 bits per heavy atom. The second-order valence-electron chi connectivity index (χ2n) is 4.40. The van der Waals surface area contributed by atoms with Gasteiger partial charge in [0.05, 0.1) is 11.8 Å². The van der Waals surface area contributed by atoms with Crippen LogP contribution in [0.3, 0.4) is 0 Å². The maximum atomic E-state index is 12.4. The average molecular weight is 242 g/mol. The van der Waals surface area contributed by atoms with Crippen molar-refractivity contribution >= 4 is 11.6 Å². The molecule has 1 amide bonds. The molecule has 2 aromatic rings. The molecular formula is C13H14N4O. The Hall–Kier alpha value is -2.14. The van der Waals surface area contributed by atoms with Crippen LogP contribution in [0.5, 0.6) is 0 Å². The van der Waals surface area contributed by atoms with Crippen LogP contribution in [0.1, 0.15) is 28.4 Å². The van der Waals surface area contributed by atoms with Gasteiger partial charge < -0.3 is 10.6 Å². The molecule has 1 unspecified atom stereocenters. The van der Waals surface area contributed by atoms with Crippen molar-refractivity contribution < 1.29 is 4.79 Å². The third-order valence-electron chi connectivity index (χ3n) is 3.28. The maximum absolute atomic E-state index is 12.4. The summed E-state index contributed by atoms with van der Waals surface area (Å²) in [5.74, 6) is -0.0388. The number of nitrogens with one attached hydrogen (secondary N) is 1. The van der Waals surface area contributed by atoms with Crippen molar-refractivity contribution in [2.45, 2.75) is 12.5 Å². The second kappa shape index (κ2) is 4.27. The fourth-order valence-electron chi connectivity index (χ4n) is 2.33. The van der Waals surface area contributed by atoms with Gasteiger partial charge in [-0.3, -0.25) is 9.89 Å². The van der Waals surface area contributed by atoms with Gasteiger partial charge in [-0.15, -0.1) is 0 Å². The zero-order chi connectivity index (χ0) is 12.5. The molecule has 3 N–H and O–H groups in total. The molecule has 0 spiro atoms. The summed E-state index contributed by atoms with van der Waals surface area (Å²) in [5.41, 5.74) is 8.57. The van der Waals surface area contributed by atoms with E-state index in [9.17, 15) is 4.79 Å². The Morgan fingerprint density at radius 3 is 3.06 bits per heavy atom. The third-order valence-corrected chi connectivity index (χ3v) is 3.28. The van der Waals surface area contributed by atoms with Gasteiger partial charge in [-0.25, -0.2) is 0 Å². The van der Waals surface area contributed by atoms with Crippen molar-refractivity contribution in [3.05, 3.63) is 47.8 Å². The van der Waals surface area contributed by atoms with Crippen LogP contribution >= 0.6 is 0 Å². The van der Waals surface area contributed by atoms with Crippen molar-refractivity contribution in [1.29, 1.82) is 0 Å². The Labute approximate surface area is 105 Å². The van der Waals surface area contributed by atoms with Gasteiger partial charge in [-0.2, -0.15) is 5.10 Å². The van der Waals surface area contributed by atoms with Crippen LogP contribution in [-0.2, 0) is 0 Å². The number of anilines is 1. The van der Waals surface area contributed by atoms with Crippen molar-refractivity contribution in [2.24, 2.45) is 5.73 Å². The van der Waals surface area contributed by atoms with Crippen LogP contribution < -0.4 is 10.6 Å². The minimum absolute atomic E-state index is 0.00889. The molecule has 0 fully saturated rings. The number of aromatic nitrogens is 2. The maximum Gasteiger partial charge on any atom is 0.261 e. The van der Waals surface area contributed by atoms with Crippen LogP contribution in [0.2, 0.25) is 0 Å². The molecule has 18 heavy (non-hydrogen) atoms.